The minimum atomic E-state index is -3.50. The first-order valence-electron chi connectivity index (χ1n) is 5.33. The third kappa shape index (κ3) is 3.02. The van der Waals surface area contributed by atoms with Gasteiger partial charge in [0.1, 0.15) is 0 Å². The van der Waals surface area contributed by atoms with Crippen molar-refractivity contribution in [1.29, 1.82) is 0 Å². The van der Waals surface area contributed by atoms with Gasteiger partial charge in [0.05, 0.1) is 10.6 Å². The normalized spacial score (nSPS) is 11.2. The van der Waals surface area contributed by atoms with Gasteiger partial charge in [0, 0.05) is 3.57 Å². The Labute approximate surface area is 120 Å². The lowest BCUT2D eigenvalue weighted by Gasteiger charge is -2.10. The lowest BCUT2D eigenvalue weighted by atomic mass is 10.2. The Balaban J connectivity index is 2.34. The Bertz CT molecular complexity index is 654. The van der Waals surface area contributed by atoms with E-state index in [1.807, 2.05) is 19.1 Å². The van der Waals surface area contributed by atoms with E-state index < -0.39 is 10.0 Å². The highest BCUT2D eigenvalue weighted by Gasteiger charge is 2.14. The number of sulfonamides is 1. The summed E-state index contributed by atoms with van der Waals surface area (Å²) in [7, 11) is -3.50. The minimum Gasteiger partial charge on any atom is -0.279 e. The van der Waals surface area contributed by atoms with Crippen LogP contribution in [0.25, 0.3) is 0 Å². The molecule has 0 saturated heterocycles. The van der Waals surface area contributed by atoms with E-state index in [2.05, 4.69) is 27.3 Å². The largest absolute Gasteiger partial charge is 0.279 e. The molecule has 0 aliphatic rings. The van der Waals surface area contributed by atoms with Gasteiger partial charge in [-0.1, -0.05) is 18.2 Å². The molecule has 0 unspecified atom stereocenters. The molecular formula is C13H12INO2S. The zero-order valence-electron chi connectivity index (χ0n) is 9.72. The summed E-state index contributed by atoms with van der Waals surface area (Å²) in [6.45, 7) is 1.88. The Morgan fingerprint density at radius 1 is 1.06 bits per heavy atom. The Hall–Kier alpha value is -1.08. The molecular weight excluding hydrogens is 361 g/mol. The maximum absolute atomic E-state index is 12.1. The third-order valence-corrected chi connectivity index (χ3v) is 4.54. The third-order valence-electron chi connectivity index (χ3n) is 2.49. The molecule has 0 aliphatic heterocycles. The lowest BCUT2D eigenvalue weighted by molar-refractivity contribution is 0.601. The molecule has 2 aromatic rings. The molecule has 0 bridgehead atoms. The van der Waals surface area contributed by atoms with Crippen molar-refractivity contribution >= 4 is 38.3 Å². The molecule has 0 atom stereocenters. The number of benzene rings is 2. The van der Waals surface area contributed by atoms with Crippen molar-refractivity contribution in [2.45, 2.75) is 11.8 Å². The van der Waals surface area contributed by atoms with Crippen molar-refractivity contribution < 1.29 is 8.42 Å². The predicted molar refractivity (Wildman–Crippen MR) is 81.1 cm³/mol. The van der Waals surface area contributed by atoms with Crippen LogP contribution in [0.3, 0.4) is 0 Å². The van der Waals surface area contributed by atoms with E-state index in [9.17, 15) is 8.42 Å². The van der Waals surface area contributed by atoms with E-state index in [1.54, 1.807) is 36.4 Å². The highest BCUT2D eigenvalue weighted by atomic mass is 127. The highest BCUT2D eigenvalue weighted by molar-refractivity contribution is 14.1. The number of hydrogen-bond acceptors (Lipinski definition) is 2. The second-order valence-electron chi connectivity index (χ2n) is 3.88. The first-order chi connectivity index (χ1) is 8.49. The highest BCUT2D eigenvalue weighted by Crippen LogP contribution is 2.21. The van der Waals surface area contributed by atoms with Crippen LogP contribution in [0.15, 0.2) is 53.4 Å². The SMILES string of the molecule is Cc1cc(I)ccc1NS(=O)(=O)c1ccccc1. The molecule has 0 fully saturated rings. The maximum Gasteiger partial charge on any atom is 0.261 e. The van der Waals surface area contributed by atoms with Crippen molar-refractivity contribution in [2.75, 3.05) is 4.72 Å². The van der Waals surface area contributed by atoms with Crippen molar-refractivity contribution in [1.82, 2.24) is 0 Å². The van der Waals surface area contributed by atoms with Crippen molar-refractivity contribution in [3.8, 4) is 0 Å². The molecule has 0 radical (unpaired) electrons. The predicted octanol–water partition coefficient (Wildman–Crippen LogP) is 3.40. The summed E-state index contributed by atoms with van der Waals surface area (Å²) in [6.07, 6.45) is 0. The van der Waals surface area contributed by atoms with Gasteiger partial charge in [0.25, 0.3) is 10.0 Å². The van der Waals surface area contributed by atoms with E-state index in [0.717, 1.165) is 9.13 Å². The van der Waals surface area contributed by atoms with Gasteiger partial charge >= 0.3 is 0 Å². The molecule has 94 valence electrons. The standard InChI is InChI=1S/C13H12INO2S/c1-10-9-11(14)7-8-13(10)15-18(16,17)12-5-3-2-4-6-12/h2-9,15H,1H3. The molecule has 3 nitrogen and oxygen atoms in total. The summed E-state index contributed by atoms with van der Waals surface area (Å²) in [5.41, 5.74) is 1.51. The molecule has 0 heterocycles. The fraction of sp³-hybridized carbons (Fsp3) is 0.0769. The molecule has 0 amide bonds. The molecule has 0 spiro atoms. The monoisotopic (exact) mass is 373 g/mol. The summed E-state index contributed by atoms with van der Waals surface area (Å²) < 4.78 is 27.9. The molecule has 0 saturated carbocycles. The van der Waals surface area contributed by atoms with E-state index in [-0.39, 0.29) is 4.90 Å². The van der Waals surface area contributed by atoms with Gasteiger partial charge in [0.2, 0.25) is 0 Å². The number of halogens is 1. The number of aryl methyl sites for hydroxylation is 1. The fourth-order valence-corrected chi connectivity index (χ4v) is 3.34. The molecule has 18 heavy (non-hydrogen) atoms. The summed E-state index contributed by atoms with van der Waals surface area (Å²) in [5, 5.41) is 0. The summed E-state index contributed by atoms with van der Waals surface area (Å²) in [6, 6.07) is 13.9. The van der Waals surface area contributed by atoms with Gasteiger partial charge in [-0.15, -0.1) is 0 Å². The van der Waals surface area contributed by atoms with Crippen LogP contribution in [-0.2, 0) is 10.0 Å². The van der Waals surface area contributed by atoms with Crippen molar-refractivity contribution in [3.05, 3.63) is 57.7 Å². The zero-order chi connectivity index (χ0) is 13.2. The smallest absolute Gasteiger partial charge is 0.261 e. The van der Waals surface area contributed by atoms with Crippen LogP contribution in [0.4, 0.5) is 5.69 Å². The van der Waals surface area contributed by atoms with Crippen LogP contribution >= 0.6 is 22.6 Å². The fourth-order valence-electron chi connectivity index (χ4n) is 1.54. The molecule has 0 aromatic heterocycles. The first kappa shape index (κ1) is 13.4. The zero-order valence-corrected chi connectivity index (χ0v) is 12.7. The number of rotatable bonds is 3. The minimum absolute atomic E-state index is 0.267. The van der Waals surface area contributed by atoms with Gasteiger partial charge in [-0.3, -0.25) is 4.72 Å². The Kier molecular flexibility index (Phi) is 3.91. The van der Waals surface area contributed by atoms with Crippen LogP contribution < -0.4 is 4.72 Å². The second kappa shape index (κ2) is 5.27. The maximum atomic E-state index is 12.1. The molecule has 2 rings (SSSR count). The molecule has 5 heteroatoms. The van der Waals surface area contributed by atoms with Crippen molar-refractivity contribution in [2.24, 2.45) is 0 Å². The van der Waals surface area contributed by atoms with Crippen molar-refractivity contribution in [3.63, 3.8) is 0 Å². The summed E-state index contributed by atoms with van der Waals surface area (Å²) in [4.78, 5) is 0.267. The van der Waals surface area contributed by atoms with E-state index in [1.165, 1.54) is 0 Å². The van der Waals surface area contributed by atoms with Gasteiger partial charge in [-0.05, 0) is 65.4 Å². The molecule has 1 N–H and O–H groups in total. The second-order valence-corrected chi connectivity index (χ2v) is 6.81. The van der Waals surface area contributed by atoms with Crippen LogP contribution in [0.1, 0.15) is 5.56 Å². The van der Waals surface area contributed by atoms with Crippen LogP contribution in [0.2, 0.25) is 0 Å². The number of anilines is 1. The summed E-state index contributed by atoms with van der Waals surface area (Å²) >= 11 is 2.19. The van der Waals surface area contributed by atoms with Crippen LogP contribution in [0.5, 0.6) is 0 Å². The van der Waals surface area contributed by atoms with Gasteiger partial charge < -0.3 is 0 Å². The average molecular weight is 373 g/mol. The van der Waals surface area contributed by atoms with Gasteiger partial charge in [-0.2, -0.15) is 0 Å². The summed E-state index contributed by atoms with van der Waals surface area (Å²) in [5.74, 6) is 0. The number of hydrogen-bond donors (Lipinski definition) is 1. The molecule has 0 aliphatic carbocycles. The lowest BCUT2D eigenvalue weighted by Crippen LogP contribution is -2.13. The Morgan fingerprint density at radius 2 is 1.72 bits per heavy atom. The van der Waals surface area contributed by atoms with E-state index in [0.29, 0.717) is 5.69 Å². The van der Waals surface area contributed by atoms with E-state index in [4.69, 9.17) is 0 Å². The van der Waals surface area contributed by atoms with Gasteiger partial charge in [-0.25, -0.2) is 8.42 Å². The topological polar surface area (TPSA) is 46.2 Å². The first-order valence-corrected chi connectivity index (χ1v) is 7.89. The van der Waals surface area contributed by atoms with E-state index >= 15 is 0 Å². The number of nitrogens with one attached hydrogen (secondary N) is 1. The Morgan fingerprint density at radius 3 is 2.33 bits per heavy atom. The molecule has 2 aromatic carbocycles. The van der Waals surface area contributed by atoms with Crippen LogP contribution in [0, 0.1) is 10.5 Å². The average Bonchev–Trinajstić information content (AvgIpc) is 2.34. The van der Waals surface area contributed by atoms with Gasteiger partial charge in [0.15, 0.2) is 0 Å². The quantitative estimate of drug-likeness (QED) is 0.839. The van der Waals surface area contributed by atoms with Crippen LogP contribution in [-0.4, -0.2) is 8.42 Å².